The predicted molar refractivity (Wildman–Crippen MR) is 157 cm³/mol. The summed E-state index contributed by atoms with van der Waals surface area (Å²) >= 11 is 0. The normalized spacial score (nSPS) is 14.4. The first-order chi connectivity index (χ1) is 20.7. The number of aryl methyl sites for hydroxylation is 2. The van der Waals surface area contributed by atoms with E-state index in [9.17, 15) is 14.3 Å². The van der Waals surface area contributed by atoms with E-state index in [-0.39, 0.29) is 66.0 Å². The minimum absolute atomic E-state index is 0. The van der Waals surface area contributed by atoms with E-state index in [1.165, 1.54) is 24.4 Å². The van der Waals surface area contributed by atoms with Gasteiger partial charge in [-0.2, -0.15) is 0 Å². The van der Waals surface area contributed by atoms with Crippen LogP contribution in [-0.2, 0) is 24.9 Å². The molecule has 39 heavy (non-hydrogen) atoms. The molecule has 3 aromatic carbocycles. The quantitative estimate of drug-likeness (QED) is 0.0858. The zero-order valence-electron chi connectivity index (χ0n) is 28.8. The van der Waals surface area contributed by atoms with E-state index in [0.717, 1.165) is 31.7 Å². The summed E-state index contributed by atoms with van der Waals surface area (Å²) < 4.78 is 60.8. The molecule has 4 aromatic rings. The fourth-order valence-corrected chi connectivity index (χ4v) is 4.68. The van der Waals surface area contributed by atoms with E-state index >= 15 is 0 Å². The number of carbonyl (C=O) groups is 1. The van der Waals surface area contributed by atoms with Crippen molar-refractivity contribution >= 4 is 27.3 Å². The van der Waals surface area contributed by atoms with Gasteiger partial charge >= 0.3 is 0 Å². The van der Waals surface area contributed by atoms with Gasteiger partial charge in [0.15, 0.2) is 5.78 Å². The van der Waals surface area contributed by atoms with E-state index in [1.807, 2.05) is 27.7 Å². The summed E-state index contributed by atoms with van der Waals surface area (Å²) in [5.74, 6) is 0.166. The molecule has 0 fully saturated rings. The second kappa shape index (κ2) is 15.1. The van der Waals surface area contributed by atoms with Crippen LogP contribution in [0.5, 0.6) is 0 Å². The molecule has 209 valence electrons. The molecule has 0 atom stereocenters. The molecule has 4 rings (SSSR count). The Morgan fingerprint density at radius 2 is 1.67 bits per heavy atom. The number of rotatable bonds is 8. The third-order valence-electron chi connectivity index (χ3n) is 6.93. The smallest absolute Gasteiger partial charge is 0.162 e. The number of hydrogen-bond acceptors (Lipinski definition) is 3. The van der Waals surface area contributed by atoms with Crippen LogP contribution in [0.1, 0.15) is 72.7 Å². The average molecular weight is 711 g/mol. The maximum atomic E-state index is 14.5. The number of carbonyl (C=O) groups excluding carboxylic acids is 1. The number of hydrogen-bond donors (Lipinski definition) is 1. The predicted octanol–water partition coefficient (Wildman–Crippen LogP) is 9.48. The Hall–Kier alpha value is -2.88. The fourth-order valence-electron chi connectivity index (χ4n) is 4.68. The summed E-state index contributed by atoms with van der Waals surface area (Å²) in [6.45, 7) is 3.04. The molecule has 0 aliphatic carbocycles. The Morgan fingerprint density at radius 1 is 1.00 bits per heavy atom. The summed E-state index contributed by atoms with van der Waals surface area (Å²) in [5.41, 5.74) is 0.288. The summed E-state index contributed by atoms with van der Waals surface area (Å²) in [4.78, 5) is 16.1. The third-order valence-corrected chi connectivity index (χ3v) is 6.93. The van der Waals surface area contributed by atoms with E-state index < -0.39 is 13.7 Å². The first-order valence-corrected chi connectivity index (χ1v) is 13.1. The summed E-state index contributed by atoms with van der Waals surface area (Å²) in [6, 6.07) is 15.3. The van der Waals surface area contributed by atoms with Gasteiger partial charge in [0.25, 0.3) is 0 Å². The van der Waals surface area contributed by atoms with Crippen LogP contribution in [0.25, 0.3) is 32.8 Å². The van der Waals surface area contributed by atoms with Gasteiger partial charge in [0.1, 0.15) is 5.82 Å². The van der Waals surface area contributed by atoms with Gasteiger partial charge in [-0.3, -0.25) is 4.79 Å². The van der Waals surface area contributed by atoms with Crippen LogP contribution in [0, 0.1) is 37.4 Å². The number of aliphatic hydroxyl groups is 1. The van der Waals surface area contributed by atoms with Gasteiger partial charge in [0.2, 0.25) is 0 Å². The number of aliphatic hydroxyl groups excluding tert-OH is 1. The van der Waals surface area contributed by atoms with Crippen LogP contribution in [0.4, 0.5) is 4.39 Å². The molecular weight excluding hydrogens is 666 g/mol. The van der Waals surface area contributed by atoms with Crippen molar-refractivity contribution in [2.45, 2.75) is 67.1 Å². The van der Waals surface area contributed by atoms with Crippen molar-refractivity contribution < 1.29 is 42.6 Å². The van der Waals surface area contributed by atoms with Crippen molar-refractivity contribution in [3.05, 3.63) is 89.6 Å². The van der Waals surface area contributed by atoms with Crippen LogP contribution in [0.2, 0.25) is 0 Å². The Kier molecular flexibility index (Phi) is 9.25. The number of allylic oxidation sites excluding steroid dienone is 2. The van der Waals surface area contributed by atoms with Crippen molar-refractivity contribution in [3.63, 3.8) is 0 Å². The molecule has 0 aliphatic heterocycles. The summed E-state index contributed by atoms with van der Waals surface area (Å²) in [6.07, 6.45) is 6.39. The van der Waals surface area contributed by atoms with Crippen LogP contribution in [0.15, 0.2) is 66.6 Å². The maximum Gasteiger partial charge on any atom is 0.162 e. The molecule has 0 saturated heterocycles. The molecule has 5 heteroatoms. The van der Waals surface area contributed by atoms with Gasteiger partial charge in [0, 0.05) is 57.8 Å². The number of benzene rings is 3. The van der Waals surface area contributed by atoms with E-state index in [4.69, 9.17) is 8.22 Å². The molecule has 0 bridgehead atoms. The Morgan fingerprint density at radius 3 is 2.28 bits per heavy atom. The molecule has 3 nitrogen and oxygen atoms in total. The van der Waals surface area contributed by atoms with Crippen molar-refractivity contribution in [2.75, 3.05) is 0 Å². The summed E-state index contributed by atoms with van der Waals surface area (Å²) in [7, 11) is 0. The van der Waals surface area contributed by atoms with E-state index in [2.05, 4.69) is 11.1 Å². The minimum Gasteiger partial charge on any atom is -0.512 e. The Balaban J connectivity index is 0.000000378. The first-order valence-electron chi connectivity index (χ1n) is 16.1. The van der Waals surface area contributed by atoms with Crippen molar-refractivity contribution in [1.29, 1.82) is 0 Å². The van der Waals surface area contributed by atoms with Crippen molar-refractivity contribution in [1.82, 2.24) is 4.98 Å². The van der Waals surface area contributed by atoms with E-state index in [1.54, 1.807) is 30.3 Å². The number of fused-ring (bicyclic) bond motifs is 3. The minimum atomic E-state index is -2.53. The van der Waals surface area contributed by atoms with Gasteiger partial charge in [-0.1, -0.05) is 65.7 Å². The van der Waals surface area contributed by atoms with Gasteiger partial charge in [0.05, 0.1) is 5.76 Å². The molecule has 0 aliphatic rings. The van der Waals surface area contributed by atoms with Crippen molar-refractivity contribution in [3.8, 4) is 11.3 Å². The van der Waals surface area contributed by atoms with Crippen LogP contribution in [0.3, 0.4) is 0 Å². The number of halogens is 1. The van der Waals surface area contributed by atoms with E-state index in [0.29, 0.717) is 27.2 Å². The SMILES string of the molecule is CCC(CC)C(=O)/C=C(\O)C(CC)CC.[2H]C([2H])([2H])c1[c-]c(-c2nccc3cc(F)c4ccccc4c23)cc(C([2H])([2H])[2H])c1.[Ir]. The molecule has 0 saturated carbocycles. The van der Waals surface area contributed by atoms with Gasteiger partial charge in [-0.05, 0) is 59.7 Å². The average Bonchev–Trinajstić information content (AvgIpc) is 2.97. The van der Waals surface area contributed by atoms with Crippen molar-refractivity contribution in [2.24, 2.45) is 11.8 Å². The third kappa shape index (κ3) is 7.83. The number of pyridine rings is 1. The maximum absolute atomic E-state index is 14.5. The molecule has 1 aromatic heterocycles. The second-order valence-electron chi connectivity index (χ2n) is 9.36. The van der Waals surface area contributed by atoms with Crippen LogP contribution >= 0.6 is 0 Å². The number of aromatic nitrogens is 1. The zero-order chi connectivity index (χ0) is 32.8. The molecule has 1 radical (unpaired) electrons. The number of nitrogens with zero attached hydrogens (tertiary/aromatic N) is 1. The molecule has 0 amide bonds. The topological polar surface area (TPSA) is 50.2 Å². The first kappa shape index (κ1) is 24.0. The number of ketones is 1. The largest absolute Gasteiger partial charge is 0.512 e. The fraction of sp³-hybridized carbons (Fsp3) is 0.353. The zero-order valence-corrected chi connectivity index (χ0v) is 25.2. The molecule has 0 spiro atoms. The standard InChI is InChI=1S/C21H15FN.C13H24O2.Ir/c1-13-9-14(2)11-16(10-13)21-20-15(7-8-23-21)12-19(22)17-5-3-4-6-18(17)20;1-5-10(6-2)12(14)9-13(15)11(7-3)8-4;/h3-10,12H,1-2H3;9-11,14H,5-8H2,1-4H3;/q-1;;/b;12-9-;/i1D3,2D3;;. The Bertz CT molecular complexity index is 1610. The molecule has 0 unspecified atom stereocenters. The molecule has 1 heterocycles. The van der Waals surface area contributed by atoms with Gasteiger partial charge < -0.3 is 10.1 Å². The summed E-state index contributed by atoms with van der Waals surface area (Å²) in [5, 5.41) is 12.0. The second-order valence-corrected chi connectivity index (χ2v) is 9.36. The van der Waals surface area contributed by atoms with Gasteiger partial charge in [-0.15, -0.1) is 34.9 Å². The monoisotopic (exact) mass is 711 g/mol. The van der Waals surface area contributed by atoms with Gasteiger partial charge in [-0.25, -0.2) is 4.39 Å². The van der Waals surface area contributed by atoms with Crippen LogP contribution in [-0.4, -0.2) is 15.9 Å². The Labute approximate surface area is 254 Å². The molecular formula is C34H39FIrNO2-. The molecule has 1 N–H and O–H groups in total. The van der Waals surface area contributed by atoms with Crippen LogP contribution < -0.4 is 0 Å².